The van der Waals surface area contributed by atoms with Crippen LogP contribution in [0.5, 0.6) is 0 Å². The fourth-order valence-electron chi connectivity index (χ4n) is 0.537. The summed E-state index contributed by atoms with van der Waals surface area (Å²) in [4.78, 5) is 0.606. The molecule has 1 nitrogen and oxygen atoms in total. The van der Waals surface area contributed by atoms with E-state index in [4.69, 9.17) is 5.11 Å². The van der Waals surface area contributed by atoms with Crippen LogP contribution in [0.2, 0.25) is 0 Å². The predicted octanol–water partition coefficient (Wildman–Crippen LogP) is 1.93. The zero-order valence-electron chi connectivity index (χ0n) is 5.23. The van der Waals surface area contributed by atoms with E-state index >= 15 is 0 Å². The van der Waals surface area contributed by atoms with Gasteiger partial charge in [-0.15, -0.1) is 0 Å². The molecule has 0 heterocycles. The molecule has 2 heteroatoms. The van der Waals surface area contributed by atoms with Crippen LogP contribution >= 0.6 is 15.9 Å². The first-order chi connectivity index (χ1) is 3.77. The molecule has 8 heavy (non-hydrogen) atoms. The number of unbranched alkanes of at least 4 members (excludes halogenated alkanes) is 1. The monoisotopic (exact) mass is 180 g/mol. The van der Waals surface area contributed by atoms with Gasteiger partial charge in [0.15, 0.2) is 0 Å². The minimum Gasteiger partial charge on any atom is -0.396 e. The largest absolute Gasteiger partial charge is 0.396 e. The highest BCUT2D eigenvalue weighted by Crippen LogP contribution is 2.07. The molecule has 1 unspecified atom stereocenters. The molecule has 0 radical (unpaired) electrons. The molecule has 1 atom stereocenters. The molecule has 0 aromatic rings. The fourth-order valence-corrected chi connectivity index (χ4v) is 0.861. The first-order valence-electron chi connectivity index (χ1n) is 3.02. The second-order valence-electron chi connectivity index (χ2n) is 2.00. The van der Waals surface area contributed by atoms with Gasteiger partial charge in [0.05, 0.1) is 0 Å². The van der Waals surface area contributed by atoms with Gasteiger partial charge in [-0.1, -0.05) is 29.3 Å². The third kappa shape index (κ3) is 6.44. The Balaban J connectivity index is 2.72. The summed E-state index contributed by atoms with van der Waals surface area (Å²) in [5, 5.41) is 8.36. The van der Waals surface area contributed by atoms with E-state index in [0.717, 1.165) is 12.8 Å². The molecule has 0 aromatic heterocycles. The van der Waals surface area contributed by atoms with Gasteiger partial charge in [0.2, 0.25) is 0 Å². The second kappa shape index (κ2) is 5.57. The van der Waals surface area contributed by atoms with Crippen molar-refractivity contribution in [1.29, 1.82) is 0 Å². The van der Waals surface area contributed by atoms with Crippen molar-refractivity contribution in [2.75, 3.05) is 6.61 Å². The van der Waals surface area contributed by atoms with Crippen LogP contribution in [0.25, 0.3) is 0 Å². The number of halogens is 1. The maximum absolute atomic E-state index is 8.36. The fraction of sp³-hybridized carbons (Fsp3) is 1.00. The second-order valence-corrected chi connectivity index (χ2v) is 3.56. The summed E-state index contributed by atoms with van der Waals surface area (Å²) in [5.74, 6) is 0. The normalized spacial score (nSPS) is 13.9. The van der Waals surface area contributed by atoms with Crippen LogP contribution in [-0.2, 0) is 0 Å². The van der Waals surface area contributed by atoms with Crippen molar-refractivity contribution in [3.05, 3.63) is 0 Å². The van der Waals surface area contributed by atoms with E-state index < -0.39 is 0 Å². The van der Waals surface area contributed by atoms with Gasteiger partial charge >= 0.3 is 0 Å². The molecule has 50 valence electrons. The highest BCUT2D eigenvalue weighted by Gasteiger charge is 1.92. The number of aliphatic hydroxyl groups excluding tert-OH is 1. The van der Waals surface area contributed by atoms with Crippen molar-refractivity contribution < 1.29 is 5.11 Å². The third-order valence-electron chi connectivity index (χ3n) is 1.01. The summed E-state index contributed by atoms with van der Waals surface area (Å²) in [6.07, 6.45) is 3.24. The summed E-state index contributed by atoms with van der Waals surface area (Å²) in [6.45, 7) is 2.46. The molecular formula is C6H13BrO. The van der Waals surface area contributed by atoms with E-state index in [9.17, 15) is 0 Å². The van der Waals surface area contributed by atoms with Crippen LogP contribution in [-0.4, -0.2) is 16.5 Å². The summed E-state index contributed by atoms with van der Waals surface area (Å²) < 4.78 is 0. The zero-order chi connectivity index (χ0) is 6.41. The quantitative estimate of drug-likeness (QED) is 0.519. The molecule has 0 aliphatic rings. The minimum absolute atomic E-state index is 0.333. The van der Waals surface area contributed by atoms with Gasteiger partial charge in [-0.2, -0.15) is 0 Å². The van der Waals surface area contributed by atoms with E-state index in [1.54, 1.807) is 0 Å². The Labute approximate surface area is 59.2 Å². The van der Waals surface area contributed by atoms with E-state index in [1.807, 2.05) is 0 Å². The van der Waals surface area contributed by atoms with Gasteiger partial charge in [-0.05, 0) is 12.8 Å². The summed E-state index contributed by atoms with van der Waals surface area (Å²) in [5.41, 5.74) is 0. The molecule has 0 aliphatic carbocycles. The number of rotatable bonds is 4. The lowest BCUT2D eigenvalue weighted by Gasteiger charge is -1.98. The van der Waals surface area contributed by atoms with Crippen LogP contribution in [0.3, 0.4) is 0 Å². The molecule has 0 fully saturated rings. The average Bonchev–Trinajstić information content (AvgIpc) is 1.66. The summed E-state index contributed by atoms with van der Waals surface area (Å²) in [7, 11) is 0. The molecule has 0 saturated heterocycles. The van der Waals surface area contributed by atoms with Gasteiger partial charge in [0.25, 0.3) is 0 Å². The molecule has 0 saturated carbocycles. The zero-order valence-corrected chi connectivity index (χ0v) is 6.82. The lowest BCUT2D eigenvalue weighted by Crippen LogP contribution is -1.90. The number of hydrogen-bond acceptors (Lipinski definition) is 1. The smallest absolute Gasteiger partial charge is 0.0431 e. The first-order valence-corrected chi connectivity index (χ1v) is 3.94. The van der Waals surface area contributed by atoms with Gasteiger partial charge in [0.1, 0.15) is 0 Å². The maximum atomic E-state index is 8.36. The number of aliphatic hydroxyl groups is 1. The lowest BCUT2D eigenvalue weighted by molar-refractivity contribution is 0.283. The van der Waals surface area contributed by atoms with Crippen molar-refractivity contribution in [3.8, 4) is 0 Å². The van der Waals surface area contributed by atoms with Crippen molar-refractivity contribution in [2.45, 2.75) is 31.0 Å². The Morgan fingerprint density at radius 3 is 2.50 bits per heavy atom. The Morgan fingerprint density at radius 1 is 1.50 bits per heavy atom. The van der Waals surface area contributed by atoms with Crippen molar-refractivity contribution in [2.24, 2.45) is 0 Å². The van der Waals surface area contributed by atoms with Crippen LogP contribution in [0.15, 0.2) is 0 Å². The van der Waals surface area contributed by atoms with Gasteiger partial charge in [0, 0.05) is 11.4 Å². The summed E-state index contributed by atoms with van der Waals surface area (Å²) in [6, 6.07) is 0. The Morgan fingerprint density at radius 2 is 2.12 bits per heavy atom. The average molecular weight is 181 g/mol. The minimum atomic E-state index is 0.333. The molecule has 0 aliphatic heterocycles. The van der Waals surface area contributed by atoms with Gasteiger partial charge in [-0.25, -0.2) is 0 Å². The van der Waals surface area contributed by atoms with Crippen LogP contribution in [0.4, 0.5) is 0 Å². The molecule has 0 bridgehead atoms. The number of hydrogen-bond donors (Lipinski definition) is 1. The maximum Gasteiger partial charge on any atom is 0.0431 e. The molecule has 0 rings (SSSR count). The molecular weight excluding hydrogens is 168 g/mol. The van der Waals surface area contributed by atoms with E-state index in [-0.39, 0.29) is 0 Å². The van der Waals surface area contributed by atoms with Gasteiger partial charge < -0.3 is 5.11 Å². The van der Waals surface area contributed by atoms with E-state index in [0.29, 0.717) is 11.4 Å². The summed E-state index contributed by atoms with van der Waals surface area (Å²) >= 11 is 3.42. The number of alkyl halides is 1. The molecule has 1 N–H and O–H groups in total. The Hall–Kier alpha value is 0.440. The Bertz CT molecular complexity index is 45.8. The van der Waals surface area contributed by atoms with Crippen LogP contribution < -0.4 is 0 Å². The highest BCUT2D eigenvalue weighted by atomic mass is 79.9. The topological polar surface area (TPSA) is 20.2 Å². The lowest BCUT2D eigenvalue weighted by atomic mass is 10.2. The first kappa shape index (κ1) is 8.44. The molecule has 0 amide bonds. The van der Waals surface area contributed by atoms with E-state index in [1.165, 1.54) is 6.42 Å². The molecule has 0 aromatic carbocycles. The van der Waals surface area contributed by atoms with Crippen molar-refractivity contribution >= 4 is 15.9 Å². The molecule has 0 spiro atoms. The van der Waals surface area contributed by atoms with Crippen LogP contribution in [0.1, 0.15) is 26.2 Å². The highest BCUT2D eigenvalue weighted by molar-refractivity contribution is 9.09. The van der Waals surface area contributed by atoms with Crippen LogP contribution in [0, 0.1) is 0 Å². The van der Waals surface area contributed by atoms with Gasteiger partial charge in [-0.3, -0.25) is 0 Å². The van der Waals surface area contributed by atoms with Crippen molar-refractivity contribution in [1.82, 2.24) is 0 Å². The SMILES string of the molecule is CC(Br)CCCCO. The predicted molar refractivity (Wildman–Crippen MR) is 39.3 cm³/mol. The Kier molecular flexibility index (Phi) is 5.88. The third-order valence-corrected chi connectivity index (χ3v) is 1.47. The standard InChI is InChI=1S/C6H13BrO/c1-6(7)4-2-3-5-8/h6,8H,2-5H2,1H3. The van der Waals surface area contributed by atoms with Crippen molar-refractivity contribution in [3.63, 3.8) is 0 Å². The van der Waals surface area contributed by atoms with E-state index in [2.05, 4.69) is 22.9 Å².